The maximum atomic E-state index is 11.5. The molecule has 31 heavy (non-hydrogen) atoms. The van der Waals surface area contributed by atoms with E-state index in [9.17, 15) is 9.90 Å². The predicted octanol–water partition coefficient (Wildman–Crippen LogP) is 4.93. The van der Waals surface area contributed by atoms with Gasteiger partial charge in [-0.05, 0) is 43.4 Å². The number of hydrogen-bond donors (Lipinski definition) is 2. The molecule has 1 aromatic carbocycles. The second kappa shape index (κ2) is 9.18. The Morgan fingerprint density at radius 2 is 2.06 bits per heavy atom. The number of anilines is 1. The van der Waals surface area contributed by atoms with Gasteiger partial charge in [-0.25, -0.2) is 14.8 Å². The third-order valence-electron chi connectivity index (χ3n) is 5.01. The number of thiophene rings is 1. The van der Waals surface area contributed by atoms with Crippen molar-refractivity contribution >= 4 is 34.0 Å². The number of carboxylic acids is 1. The molecule has 3 aromatic heterocycles. The van der Waals surface area contributed by atoms with E-state index in [0.29, 0.717) is 23.9 Å². The topological polar surface area (TPSA) is 89.3 Å². The highest BCUT2D eigenvalue weighted by Crippen LogP contribution is 2.36. The first-order valence-corrected chi connectivity index (χ1v) is 11.0. The summed E-state index contributed by atoms with van der Waals surface area (Å²) in [6.45, 7) is 6.05. The number of aromatic nitrogens is 3. The molecular weight excluding hydrogens is 412 g/mol. The van der Waals surface area contributed by atoms with E-state index in [-0.39, 0.29) is 4.88 Å². The van der Waals surface area contributed by atoms with Crippen molar-refractivity contribution in [2.45, 2.75) is 26.8 Å². The van der Waals surface area contributed by atoms with Crippen molar-refractivity contribution in [3.05, 3.63) is 59.4 Å². The molecule has 0 aliphatic heterocycles. The number of carbonyl (C=O) groups is 1. The van der Waals surface area contributed by atoms with Crippen LogP contribution in [0.5, 0.6) is 5.75 Å². The average Bonchev–Trinajstić information content (AvgIpc) is 3.38. The van der Waals surface area contributed by atoms with Crippen LogP contribution in [-0.2, 0) is 13.0 Å². The number of nitrogens with one attached hydrogen (secondary N) is 1. The summed E-state index contributed by atoms with van der Waals surface area (Å²) in [5, 5.41) is 14.0. The van der Waals surface area contributed by atoms with Crippen LogP contribution in [0.4, 0.5) is 5.82 Å². The maximum Gasteiger partial charge on any atom is 0.349 e. The molecule has 0 saturated carbocycles. The Bertz CT molecular complexity index is 1210. The van der Waals surface area contributed by atoms with E-state index in [0.717, 1.165) is 35.7 Å². The van der Waals surface area contributed by atoms with Crippen LogP contribution in [0.15, 0.2) is 48.9 Å². The Hall–Kier alpha value is -3.39. The third kappa shape index (κ3) is 4.54. The van der Waals surface area contributed by atoms with Crippen LogP contribution in [0.2, 0.25) is 0 Å². The van der Waals surface area contributed by atoms with Gasteiger partial charge in [0.25, 0.3) is 0 Å². The molecule has 4 rings (SSSR count). The minimum atomic E-state index is -1.00. The molecule has 0 spiro atoms. The standard InChI is InChI=1S/C23H24N4O3S/c1-3-27-10-8-16-6-5-15(11-18(16)27)7-9-24-21-12-17(25-14-26-21)20-13-19(30-4-2)22(31-20)23(28)29/h5-6,8,10-14H,3-4,7,9H2,1-2H3,(H,28,29)(H,24,25,26). The molecule has 0 aliphatic carbocycles. The molecular formula is C23H24N4O3S. The third-order valence-corrected chi connectivity index (χ3v) is 6.14. The number of fused-ring (bicyclic) bond motifs is 1. The van der Waals surface area contributed by atoms with Crippen molar-refractivity contribution < 1.29 is 14.6 Å². The number of aromatic carboxylic acids is 1. The first-order chi connectivity index (χ1) is 15.1. The Balaban J connectivity index is 1.46. The van der Waals surface area contributed by atoms with Gasteiger partial charge in [0.2, 0.25) is 0 Å². The number of carboxylic acid groups (broad SMARTS) is 1. The van der Waals surface area contributed by atoms with Gasteiger partial charge in [0.1, 0.15) is 17.9 Å². The zero-order valence-corrected chi connectivity index (χ0v) is 18.3. The number of ether oxygens (including phenoxy) is 1. The van der Waals surface area contributed by atoms with Crippen LogP contribution in [0.1, 0.15) is 29.1 Å². The fourth-order valence-electron chi connectivity index (χ4n) is 3.50. The van der Waals surface area contributed by atoms with Gasteiger partial charge in [-0.1, -0.05) is 12.1 Å². The highest BCUT2D eigenvalue weighted by Gasteiger charge is 2.18. The summed E-state index contributed by atoms with van der Waals surface area (Å²) < 4.78 is 7.70. The van der Waals surface area contributed by atoms with E-state index in [1.165, 1.54) is 22.8 Å². The largest absolute Gasteiger partial charge is 0.492 e. The summed E-state index contributed by atoms with van der Waals surface area (Å²) >= 11 is 1.15. The number of benzene rings is 1. The lowest BCUT2D eigenvalue weighted by Gasteiger charge is -2.08. The fraction of sp³-hybridized carbons (Fsp3) is 0.261. The van der Waals surface area contributed by atoms with Gasteiger partial charge >= 0.3 is 5.97 Å². The lowest BCUT2D eigenvalue weighted by molar-refractivity contribution is 0.0698. The zero-order chi connectivity index (χ0) is 21.8. The summed E-state index contributed by atoms with van der Waals surface area (Å²) in [4.78, 5) is 21.0. The van der Waals surface area contributed by atoms with E-state index < -0.39 is 5.97 Å². The molecule has 0 atom stereocenters. The molecule has 0 amide bonds. The van der Waals surface area contributed by atoms with Crippen molar-refractivity contribution in [3.63, 3.8) is 0 Å². The predicted molar refractivity (Wildman–Crippen MR) is 123 cm³/mol. The Morgan fingerprint density at radius 1 is 1.19 bits per heavy atom. The molecule has 0 aliphatic rings. The van der Waals surface area contributed by atoms with Crippen molar-refractivity contribution in [1.29, 1.82) is 0 Å². The first kappa shape index (κ1) is 20.9. The molecule has 160 valence electrons. The first-order valence-electron chi connectivity index (χ1n) is 10.2. The SMILES string of the molecule is CCOc1cc(-c2cc(NCCc3ccc4ccn(CC)c4c3)ncn2)sc1C(=O)O. The molecule has 3 heterocycles. The lowest BCUT2D eigenvalue weighted by atomic mass is 10.1. The molecule has 0 unspecified atom stereocenters. The molecule has 7 nitrogen and oxygen atoms in total. The number of hydrogen-bond acceptors (Lipinski definition) is 6. The quantitative estimate of drug-likeness (QED) is 0.387. The van der Waals surface area contributed by atoms with Gasteiger partial charge in [-0.2, -0.15) is 0 Å². The second-order valence-electron chi connectivity index (χ2n) is 7.00. The second-order valence-corrected chi connectivity index (χ2v) is 8.05. The van der Waals surface area contributed by atoms with E-state index in [1.807, 2.05) is 13.0 Å². The van der Waals surface area contributed by atoms with Crippen molar-refractivity contribution in [1.82, 2.24) is 14.5 Å². The molecule has 8 heteroatoms. The molecule has 0 bridgehead atoms. The van der Waals surface area contributed by atoms with Crippen molar-refractivity contribution in [2.24, 2.45) is 0 Å². The molecule has 2 N–H and O–H groups in total. The molecule has 0 saturated heterocycles. The van der Waals surface area contributed by atoms with E-state index in [4.69, 9.17) is 4.74 Å². The highest BCUT2D eigenvalue weighted by molar-refractivity contribution is 7.17. The lowest BCUT2D eigenvalue weighted by Crippen LogP contribution is -2.06. The molecule has 4 aromatic rings. The minimum Gasteiger partial charge on any atom is -0.492 e. The van der Waals surface area contributed by atoms with Gasteiger partial charge in [0, 0.05) is 36.9 Å². The smallest absolute Gasteiger partial charge is 0.349 e. The number of nitrogens with zero attached hydrogens (tertiary/aromatic N) is 3. The zero-order valence-electron chi connectivity index (χ0n) is 17.5. The van der Waals surface area contributed by atoms with Gasteiger partial charge in [0.15, 0.2) is 4.88 Å². The fourth-order valence-corrected chi connectivity index (χ4v) is 4.40. The van der Waals surface area contributed by atoms with E-state index in [1.54, 1.807) is 6.07 Å². The average molecular weight is 437 g/mol. The normalized spacial score (nSPS) is 11.0. The molecule has 0 fully saturated rings. The minimum absolute atomic E-state index is 0.178. The summed E-state index contributed by atoms with van der Waals surface area (Å²) in [5.74, 6) is 0.0693. The highest BCUT2D eigenvalue weighted by atomic mass is 32.1. The summed E-state index contributed by atoms with van der Waals surface area (Å²) in [6.07, 6.45) is 4.46. The van der Waals surface area contributed by atoms with Crippen LogP contribution in [-0.4, -0.2) is 38.8 Å². The van der Waals surface area contributed by atoms with Crippen LogP contribution in [0.25, 0.3) is 21.5 Å². The van der Waals surface area contributed by atoms with E-state index in [2.05, 4.69) is 57.2 Å². The van der Waals surface area contributed by atoms with Crippen molar-refractivity contribution in [3.8, 4) is 16.3 Å². The monoisotopic (exact) mass is 436 g/mol. The Labute approximate surface area is 184 Å². The van der Waals surface area contributed by atoms with Crippen LogP contribution >= 0.6 is 11.3 Å². The Morgan fingerprint density at radius 3 is 2.84 bits per heavy atom. The van der Waals surface area contributed by atoms with Gasteiger partial charge < -0.3 is 19.7 Å². The maximum absolute atomic E-state index is 11.5. The van der Waals surface area contributed by atoms with Crippen LogP contribution < -0.4 is 10.1 Å². The van der Waals surface area contributed by atoms with E-state index >= 15 is 0 Å². The summed E-state index contributed by atoms with van der Waals surface area (Å²) in [5.41, 5.74) is 3.17. The van der Waals surface area contributed by atoms with Gasteiger partial charge in [-0.15, -0.1) is 11.3 Å². The Kier molecular flexibility index (Phi) is 6.18. The van der Waals surface area contributed by atoms with Crippen LogP contribution in [0, 0.1) is 0 Å². The summed E-state index contributed by atoms with van der Waals surface area (Å²) in [6, 6.07) is 12.2. The van der Waals surface area contributed by atoms with Gasteiger partial charge in [0.05, 0.1) is 17.2 Å². The number of aryl methyl sites for hydroxylation is 1. The molecule has 0 radical (unpaired) electrons. The number of rotatable bonds is 9. The van der Waals surface area contributed by atoms with Crippen molar-refractivity contribution in [2.75, 3.05) is 18.5 Å². The summed E-state index contributed by atoms with van der Waals surface area (Å²) in [7, 11) is 0. The van der Waals surface area contributed by atoms with Crippen LogP contribution in [0.3, 0.4) is 0 Å². The van der Waals surface area contributed by atoms with Gasteiger partial charge in [-0.3, -0.25) is 0 Å².